The van der Waals surface area contributed by atoms with Crippen molar-refractivity contribution in [2.45, 2.75) is 6.92 Å². The summed E-state index contributed by atoms with van der Waals surface area (Å²) in [5.41, 5.74) is 1.41. The van der Waals surface area contributed by atoms with E-state index in [0.717, 1.165) is 16.0 Å². The second-order valence-electron chi connectivity index (χ2n) is 6.62. The number of thiazole rings is 1. The molecule has 0 aliphatic rings. The third kappa shape index (κ3) is 5.76. The number of carbonyl (C=O) groups excluding carboxylic acids is 1. The fourth-order valence-electron chi connectivity index (χ4n) is 2.85. The molecule has 0 unspecified atom stereocenters. The Labute approximate surface area is 200 Å². The first-order chi connectivity index (χ1) is 15.6. The van der Waals surface area contributed by atoms with Gasteiger partial charge in [-0.3, -0.25) is 0 Å². The molecule has 1 heterocycles. The van der Waals surface area contributed by atoms with Crippen molar-refractivity contribution in [1.82, 2.24) is 4.98 Å². The van der Waals surface area contributed by atoms with Gasteiger partial charge >= 0.3 is 176 Å². The van der Waals surface area contributed by atoms with Gasteiger partial charge in [0.25, 0.3) is 0 Å². The number of carbonyl (C=O) groups is 1. The summed E-state index contributed by atoms with van der Waals surface area (Å²) in [6, 6.07) is 21.5. The van der Waals surface area contributed by atoms with Crippen molar-refractivity contribution in [3.63, 3.8) is 0 Å². The number of halogens is 1. The predicted octanol–water partition coefficient (Wildman–Crippen LogP) is 2.06. The first-order valence-corrected chi connectivity index (χ1v) is 12.9. The standard InChI is InChI=1S/C24H22IN2O4S/c1-3-30-15-31-20-11-12-21-22(14-20)32-24(26-21)27-23(28)16-7-9-17(10-8-16)25-18-5-4-6-19(13-18)29-2/h4-14H,3,15H2,1-2H3,(H,26,27,28)/q-1. The fourth-order valence-corrected chi connectivity index (χ4v) is 6.03. The Morgan fingerprint density at radius 1 is 1.03 bits per heavy atom. The molecular weight excluding hydrogens is 539 g/mol. The van der Waals surface area contributed by atoms with Gasteiger partial charge in [0.2, 0.25) is 0 Å². The number of anilines is 1. The molecule has 0 fully saturated rings. The third-order valence-electron chi connectivity index (χ3n) is 4.45. The molecule has 1 N–H and O–H groups in total. The Kier molecular flexibility index (Phi) is 7.56. The van der Waals surface area contributed by atoms with E-state index in [1.54, 1.807) is 7.11 Å². The second kappa shape index (κ2) is 10.8. The average Bonchev–Trinajstić information content (AvgIpc) is 3.21. The number of hydrogen-bond acceptors (Lipinski definition) is 6. The summed E-state index contributed by atoms with van der Waals surface area (Å²) in [6.07, 6.45) is 0. The van der Waals surface area contributed by atoms with Gasteiger partial charge in [-0.05, 0) is 6.92 Å². The van der Waals surface area contributed by atoms with Crippen molar-refractivity contribution in [2.75, 3.05) is 25.8 Å². The summed E-state index contributed by atoms with van der Waals surface area (Å²) in [7, 11) is 1.67. The Bertz CT molecular complexity index is 1210. The number of nitrogens with zero attached hydrogens (tertiary/aromatic N) is 1. The predicted molar refractivity (Wildman–Crippen MR) is 122 cm³/mol. The van der Waals surface area contributed by atoms with Gasteiger partial charge in [-0.25, -0.2) is 0 Å². The van der Waals surface area contributed by atoms with Gasteiger partial charge < -0.3 is 4.74 Å². The summed E-state index contributed by atoms with van der Waals surface area (Å²) in [4.78, 5) is 17.2. The van der Waals surface area contributed by atoms with Crippen molar-refractivity contribution >= 4 is 32.6 Å². The maximum atomic E-state index is 12.7. The first kappa shape index (κ1) is 22.5. The number of methoxy groups -OCH3 is 1. The number of fused-ring (bicyclic) bond motifs is 1. The van der Waals surface area contributed by atoms with Gasteiger partial charge in [-0.15, -0.1) is 0 Å². The van der Waals surface area contributed by atoms with E-state index in [0.29, 0.717) is 23.1 Å². The first-order valence-electron chi connectivity index (χ1n) is 9.96. The zero-order valence-corrected chi connectivity index (χ0v) is 20.6. The summed E-state index contributed by atoms with van der Waals surface area (Å²) in [5, 5.41) is 3.45. The molecule has 1 aromatic heterocycles. The van der Waals surface area contributed by atoms with E-state index >= 15 is 0 Å². The van der Waals surface area contributed by atoms with Crippen LogP contribution in [0, 0.1) is 7.14 Å². The van der Waals surface area contributed by atoms with Gasteiger partial charge in [0, 0.05) is 6.61 Å². The van der Waals surface area contributed by atoms with Crippen LogP contribution in [0.1, 0.15) is 17.3 Å². The van der Waals surface area contributed by atoms with Crippen LogP contribution in [0.4, 0.5) is 5.13 Å². The zero-order chi connectivity index (χ0) is 22.3. The van der Waals surface area contributed by atoms with Crippen LogP contribution in [0.25, 0.3) is 10.2 Å². The number of amides is 1. The molecule has 0 spiro atoms. The molecule has 8 heteroatoms. The number of ether oxygens (including phenoxy) is 3. The summed E-state index contributed by atoms with van der Waals surface area (Å²) in [6.45, 7) is 2.73. The van der Waals surface area contributed by atoms with Gasteiger partial charge in [-0.1, -0.05) is 0 Å². The Balaban J connectivity index is 1.40. The van der Waals surface area contributed by atoms with Crippen molar-refractivity contribution < 1.29 is 40.2 Å². The van der Waals surface area contributed by atoms with Gasteiger partial charge in [0.05, 0.1) is 0 Å². The molecule has 3 aromatic carbocycles. The number of nitrogens with one attached hydrogen (secondary N) is 1. The van der Waals surface area contributed by atoms with E-state index < -0.39 is 0 Å². The molecule has 0 bridgehead atoms. The van der Waals surface area contributed by atoms with Gasteiger partial charge in [0.1, 0.15) is 0 Å². The molecule has 6 nitrogen and oxygen atoms in total. The molecule has 166 valence electrons. The van der Waals surface area contributed by atoms with Crippen molar-refractivity contribution in [2.24, 2.45) is 0 Å². The van der Waals surface area contributed by atoms with Gasteiger partial charge in [0.15, 0.2) is 6.79 Å². The molecule has 0 saturated heterocycles. The molecule has 0 saturated carbocycles. The van der Waals surface area contributed by atoms with Crippen LogP contribution < -0.4 is 36.0 Å². The molecule has 32 heavy (non-hydrogen) atoms. The van der Waals surface area contributed by atoms with E-state index in [2.05, 4.69) is 22.4 Å². The van der Waals surface area contributed by atoms with E-state index in [1.807, 2.05) is 61.5 Å². The van der Waals surface area contributed by atoms with Crippen LogP contribution >= 0.6 is 11.3 Å². The molecule has 0 atom stereocenters. The molecule has 0 radical (unpaired) electrons. The van der Waals surface area contributed by atoms with Gasteiger partial charge in [-0.2, -0.15) is 0 Å². The quantitative estimate of drug-likeness (QED) is 0.193. The van der Waals surface area contributed by atoms with Crippen LogP contribution in [0.2, 0.25) is 0 Å². The van der Waals surface area contributed by atoms with Crippen LogP contribution in [0.3, 0.4) is 0 Å². The van der Waals surface area contributed by atoms with E-state index in [1.165, 1.54) is 18.5 Å². The molecule has 4 rings (SSSR count). The SMILES string of the molecule is CCOCOc1ccc2nc(NC(=O)c3ccc([I-]c4cccc(OC)c4)cc3)sc2c1. The Morgan fingerprint density at radius 2 is 1.88 bits per heavy atom. The Morgan fingerprint density at radius 3 is 2.66 bits per heavy atom. The van der Waals surface area contributed by atoms with Crippen molar-refractivity contribution in [3.8, 4) is 11.5 Å². The van der Waals surface area contributed by atoms with Crippen molar-refractivity contribution in [1.29, 1.82) is 0 Å². The van der Waals surface area contributed by atoms with Crippen LogP contribution in [-0.2, 0) is 4.74 Å². The maximum absolute atomic E-state index is 12.7. The normalized spacial score (nSPS) is 10.9. The van der Waals surface area contributed by atoms with E-state index in [-0.39, 0.29) is 33.9 Å². The number of hydrogen-bond donors (Lipinski definition) is 1. The Hall–Kier alpha value is -2.69. The number of aromatic nitrogens is 1. The van der Waals surface area contributed by atoms with Crippen LogP contribution in [-0.4, -0.2) is 31.4 Å². The molecule has 0 aliphatic heterocycles. The number of benzene rings is 3. The molecule has 4 aromatic rings. The minimum atomic E-state index is -0.342. The molecule has 1 amide bonds. The summed E-state index contributed by atoms with van der Waals surface area (Å²) >= 11 is 1.07. The van der Waals surface area contributed by atoms with Crippen molar-refractivity contribution in [3.05, 3.63) is 79.4 Å². The fraction of sp³-hybridized carbons (Fsp3) is 0.167. The minimum absolute atomic E-state index is 0.178. The van der Waals surface area contributed by atoms with Crippen LogP contribution in [0.5, 0.6) is 11.5 Å². The van der Waals surface area contributed by atoms with Crippen LogP contribution in [0.15, 0.2) is 66.7 Å². The second-order valence-corrected chi connectivity index (χ2v) is 10.7. The average molecular weight is 561 g/mol. The third-order valence-corrected chi connectivity index (χ3v) is 8.02. The summed E-state index contributed by atoms with van der Waals surface area (Å²) < 4.78 is 19.5. The van der Waals surface area contributed by atoms with E-state index in [9.17, 15) is 4.79 Å². The molecular formula is C24H22IN2O4S-. The monoisotopic (exact) mass is 561 g/mol. The molecule has 0 aliphatic carbocycles. The zero-order valence-electron chi connectivity index (χ0n) is 17.6. The van der Waals surface area contributed by atoms with E-state index in [4.69, 9.17) is 14.2 Å². The number of rotatable bonds is 9. The topological polar surface area (TPSA) is 69.7 Å². The summed E-state index contributed by atoms with van der Waals surface area (Å²) in [5.74, 6) is 1.40.